The van der Waals surface area contributed by atoms with E-state index < -0.39 is 11.7 Å². The summed E-state index contributed by atoms with van der Waals surface area (Å²) in [5.41, 5.74) is 5.79. The summed E-state index contributed by atoms with van der Waals surface area (Å²) in [5.74, 6) is -1.11. The molecule has 0 fully saturated rings. The Labute approximate surface area is 124 Å². The summed E-state index contributed by atoms with van der Waals surface area (Å²) in [6, 6.07) is 7.15. The number of anilines is 1. The number of pyridine rings is 1. The first-order valence-electron chi connectivity index (χ1n) is 5.50. The fourth-order valence-electron chi connectivity index (χ4n) is 1.58. The van der Waals surface area contributed by atoms with Gasteiger partial charge in [-0.05, 0) is 24.3 Å². The second-order valence-corrected chi connectivity index (χ2v) is 4.72. The molecule has 1 aromatic carbocycles. The van der Waals surface area contributed by atoms with Crippen molar-refractivity contribution in [3.8, 4) is 0 Å². The third kappa shape index (κ3) is 3.09. The van der Waals surface area contributed by atoms with Gasteiger partial charge < -0.3 is 11.1 Å². The second kappa shape index (κ2) is 5.94. The zero-order valence-corrected chi connectivity index (χ0v) is 11.6. The van der Waals surface area contributed by atoms with Crippen molar-refractivity contribution in [3.05, 3.63) is 58.6 Å². The van der Waals surface area contributed by atoms with Crippen molar-refractivity contribution in [2.24, 2.45) is 5.73 Å². The quantitative estimate of drug-likeness (QED) is 0.856. The summed E-state index contributed by atoms with van der Waals surface area (Å²) in [5, 5.41) is 2.93. The molecule has 0 aliphatic heterocycles. The number of nitrogens with zero attached hydrogens (tertiary/aromatic N) is 1. The fraction of sp³-hybridized carbons (Fsp3) is 0. The monoisotopic (exact) mass is 309 g/mol. The van der Waals surface area contributed by atoms with E-state index in [-0.39, 0.29) is 21.9 Å². The van der Waals surface area contributed by atoms with Crippen molar-refractivity contribution in [2.45, 2.75) is 0 Å². The molecule has 0 spiro atoms. The summed E-state index contributed by atoms with van der Waals surface area (Å²) in [4.78, 5) is 15.7. The van der Waals surface area contributed by atoms with Gasteiger partial charge in [0.15, 0.2) is 0 Å². The molecular formula is C13H9ClFN3OS. The van der Waals surface area contributed by atoms with Crippen LogP contribution in [0.15, 0.2) is 36.5 Å². The normalized spacial score (nSPS) is 10.1. The number of nitrogens with two attached hydrogens (primary N) is 1. The van der Waals surface area contributed by atoms with Crippen molar-refractivity contribution in [3.63, 3.8) is 0 Å². The van der Waals surface area contributed by atoms with Gasteiger partial charge in [0.05, 0.1) is 16.3 Å². The molecule has 0 bridgehead atoms. The van der Waals surface area contributed by atoms with Crippen molar-refractivity contribution in [1.82, 2.24) is 4.98 Å². The maximum absolute atomic E-state index is 13.7. The summed E-state index contributed by atoms with van der Waals surface area (Å²) < 4.78 is 13.7. The van der Waals surface area contributed by atoms with E-state index in [4.69, 9.17) is 29.6 Å². The maximum atomic E-state index is 13.7. The molecule has 1 amide bonds. The predicted octanol–water partition coefficient (Wildman–Crippen LogP) is 2.76. The van der Waals surface area contributed by atoms with Crippen LogP contribution in [0.2, 0.25) is 5.02 Å². The number of hydrogen-bond donors (Lipinski definition) is 2. The van der Waals surface area contributed by atoms with E-state index in [0.717, 1.165) is 0 Å². The Hall–Kier alpha value is -2.05. The molecule has 1 heterocycles. The first kappa shape index (κ1) is 14.4. The highest BCUT2D eigenvalue weighted by Crippen LogP contribution is 2.19. The maximum Gasteiger partial charge on any atom is 0.274 e. The third-order valence-corrected chi connectivity index (χ3v) is 2.90. The second-order valence-electron chi connectivity index (χ2n) is 3.84. The van der Waals surface area contributed by atoms with E-state index in [2.05, 4.69) is 10.3 Å². The molecule has 0 aliphatic carbocycles. The Kier molecular flexibility index (Phi) is 4.26. The molecule has 4 nitrogen and oxygen atoms in total. The molecular weight excluding hydrogens is 301 g/mol. The first-order valence-corrected chi connectivity index (χ1v) is 6.29. The molecule has 0 saturated heterocycles. The van der Waals surface area contributed by atoms with E-state index in [1.54, 1.807) is 0 Å². The number of hydrogen-bond acceptors (Lipinski definition) is 3. The van der Waals surface area contributed by atoms with Crippen molar-refractivity contribution < 1.29 is 9.18 Å². The Morgan fingerprint density at radius 3 is 2.70 bits per heavy atom. The minimum atomic E-state index is -0.598. The van der Waals surface area contributed by atoms with Gasteiger partial charge in [0, 0.05) is 6.20 Å². The number of thiocarbonyl (C=S) groups is 1. The number of benzene rings is 1. The van der Waals surface area contributed by atoms with Crippen molar-refractivity contribution >= 4 is 40.4 Å². The van der Waals surface area contributed by atoms with Crippen LogP contribution in [0.3, 0.4) is 0 Å². The number of nitrogens with one attached hydrogen (secondary N) is 1. The van der Waals surface area contributed by atoms with E-state index >= 15 is 0 Å². The van der Waals surface area contributed by atoms with Crippen molar-refractivity contribution in [1.29, 1.82) is 0 Å². The van der Waals surface area contributed by atoms with Crippen LogP contribution in [0.5, 0.6) is 0 Å². The van der Waals surface area contributed by atoms with Crippen LogP contribution < -0.4 is 11.1 Å². The van der Waals surface area contributed by atoms with Gasteiger partial charge in [-0.25, -0.2) is 9.37 Å². The number of carbonyl (C=O) groups excluding carboxylic acids is 1. The number of carbonyl (C=O) groups is 1. The standard InChI is InChI=1S/C13H9ClFN3OS/c14-7-4-5-10(17-6-7)13(19)18-9-3-1-2-8(15)11(9)12(16)20/h1-6H,(H2,16,20)(H,18,19). The smallest absolute Gasteiger partial charge is 0.274 e. The molecule has 2 rings (SSSR count). The van der Waals surface area contributed by atoms with Crippen LogP contribution in [0.1, 0.15) is 16.1 Å². The number of halogens is 2. The molecule has 102 valence electrons. The van der Waals surface area contributed by atoms with E-state index in [0.29, 0.717) is 5.02 Å². The van der Waals surface area contributed by atoms with Crippen molar-refractivity contribution in [2.75, 3.05) is 5.32 Å². The highest BCUT2D eigenvalue weighted by molar-refractivity contribution is 7.80. The van der Waals surface area contributed by atoms with Crippen LogP contribution in [-0.2, 0) is 0 Å². The lowest BCUT2D eigenvalue weighted by Crippen LogP contribution is -2.19. The van der Waals surface area contributed by atoms with Crippen LogP contribution in [0, 0.1) is 5.82 Å². The van der Waals surface area contributed by atoms with Gasteiger partial charge in [-0.2, -0.15) is 0 Å². The summed E-state index contributed by atoms with van der Waals surface area (Å²) in [7, 11) is 0. The number of amides is 1. The summed E-state index contributed by atoms with van der Waals surface area (Å²) in [6.45, 7) is 0. The van der Waals surface area contributed by atoms with Gasteiger partial charge in [0.2, 0.25) is 0 Å². The highest BCUT2D eigenvalue weighted by Gasteiger charge is 2.14. The molecule has 3 N–H and O–H groups in total. The topological polar surface area (TPSA) is 68.0 Å². The molecule has 1 aromatic heterocycles. The van der Waals surface area contributed by atoms with Crippen LogP contribution in [0.4, 0.5) is 10.1 Å². The zero-order valence-electron chi connectivity index (χ0n) is 10.1. The van der Waals surface area contributed by atoms with Crippen LogP contribution in [-0.4, -0.2) is 15.9 Å². The Bertz CT molecular complexity index is 676. The minimum absolute atomic E-state index is 0.00943. The molecule has 0 atom stereocenters. The summed E-state index contributed by atoms with van der Waals surface area (Å²) in [6.07, 6.45) is 1.34. The van der Waals surface area contributed by atoms with Crippen LogP contribution >= 0.6 is 23.8 Å². The predicted molar refractivity (Wildman–Crippen MR) is 79.5 cm³/mol. The average Bonchev–Trinajstić information content (AvgIpc) is 2.39. The largest absolute Gasteiger partial charge is 0.389 e. The SMILES string of the molecule is NC(=S)c1c(F)cccc1NC(=O)c1ccc(Cl)cn1. The lowest BCUT2D eigenvalue weighted by atomic mass is 10.1. The molecule has 2 aromatic rings. The van der Waals surface area contributed by atoms with Gasteiger partial charge >= 0.3 is 0 Å². The van der Waals surface area contributed by atoms with Gasteiger partial charge in [-0.15, -0.1) is 0 Å². The van der Waals surface area contributed by atoms with Gasteiger partial charge in [0.1, 0.15) is 16.5 Å². The Morgan fingerprint density at radius 2 is 2.10 bits per heavy atom. The fourth-order valence-corrected chi connectivity index (χ4v) is 1.89. The zero-order chi connectivity index (χ0) is 14.7. The molecule has 0 radical (unpaired) electrons. The Balaban J connectivity index is 2.30. The molecule has 7 heteroatoms. The molecule has 0 unspecified atom stereocenters. The number of rotatable bonds is 3. The van der Waals surface area contributed by atoms with Gasteiger partial charge in [0.25, 0.3) is 5.91 Å². The average molecular weight is 310 g/mol. The van der Waals surface area contributed by atoms with E-state index in [9.17, 15) is 9.18 Å². The third-order valence-electron chi connectivity index (χ3n) is 2.47. The van der Waals surface area contributed by atoms with E-state index in [1.807, 2.05) is 0 Å². The molecule has 20 heavy (non-hydrogen) atoms. The lowest BCUT2D eigenvalue weighted by Gasteiger charge is -2.10. The molecule has 0 saturated carbocycles. The van der Waals surface area contributed by atoms with Gasteiger partial charge in [-0.3, -0.25) is 4.79 Å². The van der Waals surface area contributed by atoms with Crippen LogP contribution in [0.25, 0.3) is 0 Å². The Morgan fingerprint density at radius 1 is 1.35 bits per heavy atom. The molecule has 0 aliphatic rings. The minimum Gasteiger partial charge on any atom is -0.389 e. The first-order chi connectivity index (χ1) is 9.49. The number of aromatic nitrogens is 1. The van der Waals surface area contributed by atoms with Gasteiger partial charge in [-0.1, -0.05) is 29.9 Å². The highest BCUT2D eigenvalue weighted by atomic mass is 35.5. The lowest BCUT2D eigenvalue weighted by molar-refractivity contribution is 0.102. The summed E-state index contributed by atoms with van der Waals surface area (Å²) >= 11 is 10.5. The van der Waals surface area contributed by atoms with E-state index in [1.165, 1.54) is 36.5 Å².